The molecule has 1 aromatic rings. The van der Waals surface area contributed by atoms with Gasteiger partial charge >= 0.3 is 0 Å². The van der Waals surface area contributed by atoms with Crippen molar-refractivity contribution < 1.29 is 9.59 Å². The van der Waals surface area contributed by atoms with Gasteiger partial charge in [-0.2, -0.15) is 0 Å². The number of aryl methyl sites for hydroxylation is 2. The van der Waals surface area contributed by atoms with Gasteiger partial charge in [-0.1, -0.05) is 20.8 Å². The molecule has 2 rings (SSSR count). The lowest BCUT2D eigenvalue weighted by Crippen LogP contribution is -2.61. The molecule has 2 amide bonds. The Morgan fingerprint density at radius 2 is 2.00 bits per heavy atom. The zero-order valence-electron chi connectivity index (χ0n) is 12.6. The van der Waals surface area contributed by atoms with Crippen LogP contribution in [0.4, 0.5) is 0 Å². The summed E-state index contributed by atoms with van der Waals surface area (Å²) in [5.74, 6) is -0.128. The molecule has 0 bridgehead atoms. The summed E-state index contributed by atoms with van der Waals surface area (Å²) < 4.78 is 0. The molecular weight excluding hydrogens is 274 g/mol. The number of hydrogen-bond donors (Lipinski definition) is 1. The predicted octanol–water partition coefficient (Wildman–Crippen LogP) is 1.63. The molecule has 1 aliphatic rings. The van der Waals surface area contributed by atoms with Gasteiger partial charge in [0.2, 0.25) is 11.8 Å². The van der Waals surface area contributed by atoms with E-state index in [-0.39, 0.29) is 23.8 Å². The van der Waals surface area contributed by atoms with Crippen LogP contribution in [-0.4, -0.2) is 34.3 Å². The third-order valence-corrected chi connectivity index (χ3v) is 4.52. The molecular formula is C14H21N3O2S. The molecule has 1 fully saturated rings. The Balaban J connectivity index is 2.18. The van der Waals surface area contributed by atoms with Crippen molar-refractivity contribution in [3.63, 3.8) is 0 Å². The van der Waals surface area contributed by atoms with E-state index in [2.05, 4.69) is 10.3 Å². The van der Waals surface area contributed by atoms with Crippen LogP contribution in [0.3, 0.4) is 0 Å². The van der Waals surface area contributed by atoms with Gasteiger partial charge in [0.25, 0.3) is 0 Å². The molecule has 1 aliphatic heterocycles. The van der Waals surface area contributed by atoms with E-state index in [1.807, 2.05) is 34.6 Å². The Labute approximate surface area is 123 Å². The van der Waals surface area contributed by atoms with Crippen LogP contribution in [0.2, 0.25) is 0 Å². The summed E-state index contributed by atoms with van der Waals surface area (Å²) >= 11 is 1.58. The third kappa shape index (κ3) is 3.00. The molecule has 1 aromatic heterocycles. The van der Waals surface area contributed by atoms with E-state index < -0.39 is 6.04 Å². The standard InChI is InChI=1S/C14H21N3O2S/c1-8-9(2)20-11(15-8)7-17-6-10(18)16-12(13(17)19)14(3,4)5/h12H,6-7H2,1-5H3,(H,16,18). The summed E-state index contributed by atoms with van der Waals surface area (Å²) in [7, 11) is 0. The summed E-state index contributed by atoms with van der Waals surface area (Å²) in [5, 5.41) is 3.68. The second-order valence-corrected chi connectivity index (χ2v) is 7.60. The van der Waals surface area contributed by atoms with Gasteiger partial charge in [-0.25, -0.2) is 4.98 Å². The minimum absolute atomic E-state index is 0.0254. The van der Waals surface area contributed by atoms with Crippen LogP contribution in [0.25, 0.3) is 0 Å². The maximum Gasteiger partial charge on any atom is 0.246 e. The van der Waals surface area contributed by atoms with Crippen LogP contribution >= 0.6 is 11.3 Å². The third-order valence-electron chi connectivity index (χ3n) is 3.46. The minimum atomic E-state index is -0.467. The maximum absolute atomic E-state index is 12.5. The first-order chi connectivity index (χ1) is 9.18. The lowest BCUT2D eigenvalue weighted by Gasteiger charge is -2.38. The summed E-state index contributed by atoms with van der Waals surface area (Å²) in [6.45, 7) is 10.4. The smallest absolute Gasteiger partial charge is 0.246 e. The van der Waals surface area contributed by atoms with Crippen LogP contribution in [0.15, 0.2) is 0 Å². The van der Waals surface area contributed by atoms with Gasteiger partial charge in [-0.15, -0.1) is 11.3 Å². The molecule has 1 unspecified atom stereocenters. The molecule has 1 N–H and O–H groups in total. The minimum Gasteiger partial charge on any atom is -0.342 e. The molecule has 1 atom stereocenters. The van der Waals surface area contributed by atoms with Crippen molar-refractivity contribution in [1.82, 2.24) is 15.2 Å². The highest BCUT2D eigenvalue weighted by Crippen LogP contribution is 2.25. The highest BCUT2D eigenvalue weighted by molar-refractivity contribution is 7.11. The van der Waals surface area contributed by atoms with E-state index in [1.54, 1.807) is 16.2 Å². The zero-order valence-corrected chi connectivity index (χ0v) is 13.4. The molecule has 6 heteroatoms. The number of nitrogens with zero attached hydrogens (tertiary/aromatic N) is 2. The SMILES string of the molecule is Cc1nc(CN2CC(=O)NC(C(C)(C)C)C2=O)sc1C. The number of rotatable bonds is 2. The number of piperazine rings is 1. The zero-order chi connectivity index (χ0) is 15.1. The van der Waals surface area contributed by atoms with E-state index >= 15 is 0 Å². The number of nitrogens with one attached hydrogen (secondary N) is 1. The summed E-state index contributed by atoms with van der Waals surface area (Å²) in [5.41, 5.74) is 0.700. The summed E-state index contributed by atoms with van der Waals surface area (Å²) in [6, 6.07) is -0.467. The summed E-state index contributed by atoms with van der Waals surface area (Å²) in [6.07, 6.45) is 0. The topological polar surface area (TPSA) is 62.3 Å². The first-order valence-electron chi connectivity index (χ1n) is 6.69. The van der Waals surface area contributed by atoms with Crippen LogP contribution < -0.4 is 5.32 Å². The lowest BCUT2D eigenvalue weighted by atomic mass is 9.85. The van der Waals surface area contributed by atoms with Gasteiger partial charge in [0.1, 0.15) is 17.6 Å². The van der Waals surface area contributed by atoms with E-state index in [0.717, 1.165) is 15.6 Å². The Kier molecular flexibility index (Phi) is 3.86. The van der Waals surface area contributed by atoms with Crippen LogP contribution in [-0.2, 0) is 16.1 Å². The van der Waals surface area contributed by atoms with Crippen molar-refractivity contribution in [2.45, 2.75) is 47.2 Å². The van der Waals surface area contributed by atoms with E-state index in [4.69, 9.17) is 0 Å². The second-order valence-electron chi connectivity index (χ2n) is 6.31. The number of carbonyl (C=O) groups is 2. The fraction of sp³-hybridized carbons (Fsp3) is 0.643. The first kappa shape index (κ1) is 15.0. The molecule has 0 saturated carbocycles. The molecule has 110 valence electrons. The summed E-state index contributed by atoms with van der Waals surface area (Å²) in [4.78, 5) is 31.5. The molecule has 0 radical (unpaired) electrons. The molecule has 0 aromatic carbocycles. The molecule has 2 heterocycles. The van der Waals surface area contributed by atoms with Crippen LogP contribution in [0, 0.1) is 19.3 Å². The molecule has 5 nitrogen and oxygen atoms in total. The Bertz CT molecular complexity index is 526. The van der Waals surface area contributed by atoms with Crippen LogP contribution in [0.1, 0.15) is 36.3 Å². The van der Waals surface area contributed by atoms with Crippen molar-refractivity contribution in [1.29, 1.82) is 0 Å². The fourth-order valence-corrected chi connectivity index (χ4v) is 3.14. The average Bonchev–Trinajstić information content (AvgIpc) is 2.61. The molecule has 0 aliphatic carbocycles. The van der Waals surface area contributed by atoms with E-state index in [9.17, 15) is 9.59 Å². The predicted molar refractivity (Wildman–Crippen MR) is 78.4 cm³/mol. The van der Waals surface area contributed by atoms with Gasteiger partial charge in [-0.3, -0.25) is 9.59 Å². The number of thiazole rings is 1. The Morgan fingerprint density at radius 1 is 1.35 bits per heavy atom. The van der Waals surface area contributed by atoms with Crippen molar-refractivity contribution in [3.8, 4) is 0 Å². The Morgan fingerprint density at radius 3 is 2.50 bits per heavy atom. The quantitative estimate of drug-likeness (QED) is 0.902. The van der Waals surface area contributed by atoms with E-state index in [0.29, 0.717) is 6.54 Å². The van der Waals surface area contributed by atoms with Gasteiger partial charge in [0.15, 0.2) is 0 Å². The largest absolute Gasteiger partial charge is 0.342 e. The van der Waals surface area contributed by atoms with Crippen LogP contribution in [0.5, 0.6) is 0 Å². The Hall–Kier alpha value is -1.43. The normalized spacial score (nSPS) is 20.2. The molecule has 1 saturated heterocycles. The van der Waals surface area contributed by atoms with Crippen molar-refractivity contribution in [2.75, 3.05) is 6.54 Å². The van der Waals surface area contributed by atoms with Gasteiger partial charge in [0.05, 0.1) is 12.2 Å². The second kappa shape index (κ2) is 5.16. The monoisotopic (exact) mass is 295 g/mol. The van der Waals surface area contributed by atoms with Crippen molar-refractivity contribution >= 4 is 23.2 Å². The number of amides is 2. The lowest BCUT2D eigenvalue weighted by molar-refractivity contribution is -0.147. The highest BCUT2D eigenvalue weighted by atomic mass is 32.1. The van der Waals surface area contributed by atoms with E-state index in [1.165, 1.54) is 0 Å². The number of hydrogen-bond acceptors (Lipinski definition) is 4. The van der Waals surface area contributed by atoms with Crippen molar-refractivity contribution in [3.05, 3.63) is 15.6 Å². The van der Waals surface area contributed by atoms with Gasteiger partial charge in [0, 0.05) is 4.88 Å². The molecule has 20 heavy (non-hydrogen) atoms. The molecule has 0 spiro atoms. The van der Waals surface area contributed by atoms with Crippen molar-refractivity contribution in [2.24, 2.45) is 5.41 Å². The maximum atomic E-state index is 12.5. The van der Waals surface area contributed by atoms with Gasteiger partial charge < -0.3 is 10.2 Å². The average molecular weight is 295 g/mol. The number of carbonyl (C=O) groups excluding carboxylic acids is 2. The van der Waals surface area contributed by atoms with Gasteiger partial charge in [-0.05, 0) is 19.3 Å². The first-order valence-corrected chi connectivity index (χ1v) is 7.51. The highest BCUT2D eigenvalue weighted by Gasteiger charge is 2.40. The fourth-order valence-electron chi connectivity index (χ4n) is 2.19. The number of aromatic nitrogens is 1.